The zero-order valence-corrected chi connectivity index (χ0v) is 14.8. The van der Waals surface area contributed by atoms with Crippen LogP contribution in [0.4, 0.5) is 5.69 Å². The third kappa shape index (κ3) is 3.37. The summed E-state index contributed by atoms with van der Waals surface area (Å²) in [5.41, 5.74) is 2.12. The largest absolute Gasteiger partial charge is 0.467 e. The predicted molar refractivity (Wildman–Crippen MR) is 97.7 cm³/mol. The van der Waals surface area contributed by atoms with Gasteiger partial charge >= 0.3 is 5.69 Å². The van der Waals surface area contributed by atoms with Crippen LogP contribution in [0.3, 0.4) is 0 Å². The zero-order valence-electron chi connectivity index (χ0n) is 14.8. The normalized spacial score (nSPS) is 10.7. The first-order valence-electron chi connectivity index (χ1n) is 8.11. The lowest BCUT2D eigenvalue weighted by Crippen LogP contribution is -2.39. The van der Waals surface area contributed by atoms with E-state index >= 15 is 0 Å². The van der Waals surface area contributed by atoms with Crippen molar-refractivity contribution < 1.29 is 9.21 Å². The number of hydrogen-bond acceptors (Lipinski definition) is 4. The van der Waals surface area contributed by atoms with Gasteiger partial charge in [0.1, 0.15) is 11.3 Å². The zero-order chi connectivity index (χ0) is 18.8. The van der Waals surface area contributed by atoms with E-state index in [1.165, 1.54) is 6.26 Å². The maximum absolute atomic E-state index is 12.6. The van der Waals surface area contributed by atoms with Crippen molar-refractivity contribution >= 4 is 11.6 Å². The fourth-order valence-electron chi connectivity index (χ4n) is 2.93. The van der Waals surface area contributed by atoms with Crippen LogP contribution < -0.4 is 16.6 Å². The Hall–Kier alpha value is -3.35. The molecule has 0 fully saturated rings. The summed E-state index contributed by atoms with van der Waals surface area (Å²) in [5.74, 6) is -0.130. The summed E-state index contributed by atoms with van der Waals surface area (Å²) >= 11 is 0. The molecule has 7 heteroatoms. The van der Waals surface area contributed by atoms with E-state index in [0.29, 0.717) is 11.4 Å². The van der Waals surface area contributed by atoms with Gasteiger partial charge in [0.25, 0.3) is 11.5 Å². The Morgan fingerprint density at radius 2 is 1.88 bits per heavy atom. The fraction of sp³-hybridized carbons (Fsp3) is 0.211. The molecule has 1 amide bonds. The molecule has 0 atom stereocenters. The molecular formula is C19H19N3O4. The van der Waals surface area contributed by atoms with Gasteiger partial charge in [-0.05, 0) is 44.0 Å². The van der Waals surface area contributed by atoms with E-state index in [1.54, 1.807) is 12.1 Å². The number of H-pyrrole nitrogens is 1. The van der Waals surface area contributed by atoms with Crippen LogP contribution in [0.2, 0.25) is 0 Å². The van der Waals surface area contributed by atoms with E-state index in [-0.39, 0.29) is 12.1 Å². The Balaban J connectivity index is 1.96. The van der Waals surface area contributed by atoms with Crippen LogP contribution in [0.1, 0.15) is 32.8 Å². The van der Waals surface area contributed by atoms with E-state index in [1.807, 2.05) is 32.9 Å². The van der Waals surface area contributed by atoms with Crippen LogP contribution in [0.25, 0.3) is 0 Å². The van der Waals surface area contributed by atoms with E-state index < -0.39 is 17.2 Å². The number of amides is 1. The minimum Gasteiger partial charge on any atom is -0.467 e. The summed E-state index contributed by atoms with van der Waals surface area (Å²) in [6.07, 6.45) is 2.59. The molecule has 3 rings (SSSR count). The summed E-state index contributed by atoms with van der Waals surface area (Å²) in [4.78, 5) is 39.6. The van der Waals surface area contributed by atoms with Gasteiger partial charge in [0.15, 0.2) is 0 Å². The quantitative estimate of drug-likeness (QED) is 0.752. The first-order valence-corrected chi connectivity index (χ1v) is 8.11. The first kappa shape index (κ1) is 17.5. The minimum absolute atomic E-state index is 0.0507. The van der Waals surface area contributed by atoms with Crippen molar-refractivity contribution in [2.75, 3.05) is 5.32 Å². The molecule has 0 aliphatic heterocycles. The summed E-state index contributed by atoms with van der Waals surface area (Å²) in [6, 6.07) is 7.21. The number of carbonyl (C=O) groups excluding carboxylic acids is 1. The summed E-state index contributed by atoms with van der Waals surface area (Å²) in [6.45, 7) is 5.70. The van der Waals surface area contributed by atoms with Crippen molar-refractivity contribution in [1.29, 1.82) is 0 Å². The number of rotatable bonds is 4. The topological polar surface area (TPSA) is 97.1 Å². The standard InChI is InChI=1S/C19H19N3O4/c1-11-7-12(2)16(13(3)8-11)21-17(23)15-9-20-19(25)22(18(15)24)10-14-5-4-6-26-14/h4-9H,10H2,1-3H3,(H,20,25)(H,21,23). The molecule has 0 bridgehead atoms. The van der Waals surface area contributed by atoms with Crippen LogP contribution in [0, 0.1) is 20.8 Å². The van der Waals surface area contributed by atoms with Gasteiger partial charge in [-0.2, -0.15) is 0 Å². The molecular weight excluding hydrogens is 334 g/mol. The second-order valence-corrected chi connectivity index (χ2v) is 6.21. The average Bonchev–Trinajstić information content (AvgIpc) is 3.07. The van der Waals surface area contributed by atoms with Crippen molar-refractivity contribution in [3.8, 4) is 0 Å². The maximum atomic E-state index is 12.6. The molecule has 0 saturated heterocycles. The number of aromatic nitrogens is 2. The highest BCUT2D eigenvalue weighted by Gasteiger charge is 2.17. The lowest BCUT2D eigenvalue weighted by Gasteiger charge is -2.13. The number of hydrogen-bond donors (Lipinski definition) is 2. The number of anilines is 1. The molecule has 0 radical (unpaired) electrons. The monoisotopic (exact) mass is 353 g/mol. The second-order valence-electron chi connectivity index (χ2n) is 6.21. The average molecular weight is 353 g/mol. The van der Waals surface area contributed by atoms with Crippen LogP contribution >= 0.6 is 0 Å². The van der Waals surface area contributed by atoms with Gasteiger partial charge in [-0.15, -0.1) is 0 Å². The summed E-state index contributed by atoms with van der Waals surface area (Å²) in [7, 11) is 0. The molecule has 0 unspecified atom stereocenters. The van der Waals surface area contributed by atoms with Gasteiger partial charge in [0.05, 0.1) is 12.8 Å². The van der Waals surface area contributed by atoms with E-state index in [9.17, 15) is 14.4 Å². The molecule has 134 valence electrons. The minimum atomic E-state index is -0.676. The Morgan fingerprint density at radius 1 is 1.19 bits per heavy atom. The third-order valence-electron chi connectivity index (χ3n) is 4.11. The highest BCUT2D eigenvalue weighted by atomic mass is 16.3. The van der Waals surface area contributed by atoms with Crippen molar-refractivity contribution in [2.24, 2.45) is 0 Å². The van der Waals surface area contributed by atoms with Crippen molar-refractivity contribution in [3.05, 3.63) is 85.6 Å². The predicted octanol–water partition coefficient (Wildman–Crippen LogP) is 2.36. The smallest absolute Gasteiger partial charge is 0.328 e. The van der Waals surface area contributed by atoms with Crippen LogP contribution in [0.5, 0.6) is 0 Å². The maximum Gasteiger partial charge on any atom is 0.328 e. The Morgan fingerprint density at radius 3 is 2.50 bits per heavy atom. The van der Waals surface area contributed by atoms with E-state index in [0.717, 1.165) is 27.5 Å². The Labute approximate surface area is 149 Å². The number of benzene rings is 1. The molecule has 2 aromatic heterocycles. The lowest BCUT2D eigenvalue weighted by atomic mass is 10.0. The summed E-state index contributed by atoms with van der Waals surface area (Å²) < 4.78 is 6.11. The SMILES string of the molecule is Cc1cc(C)c(NC(=O)c2c[nH]c(=O)n(Cc3ccco3)c2=O)c(C)c1. The van der Waals surface area contributed by atoms with Gasteiger partial charge in [0, 0.05) is 11.9 Å². The Bertz CT molecular complexity index is 1050. The van der Waals surface area contributed by atoms with Crippen LogP contribution in [0.15, 0.2) is 50.7 Å². The number of nitrogens with zero attached hydrogens (tertiary/aromatic N) is 1. The Kier molecular flexibility index (Phi) is 4.62. The molecule has 1 aromatic carbocycles. The molecule has 0 aliphatic rings. The van der Waals surface area contributed by atoms with Gasteiger partial charge in [-0.25, -0.2) is 4.79 Å². The van der Waals surface area contributed by atoms with E-state index in [4.69, 9.17) is 4.42 Å². The highest BCUT2D eigenvalue weighted by molar-refractivity contribution is 6.04. The molecule has 0 spiro atoms. The molecule has 7 nitrogen and oxygen atoms in total. The van der Waals surface area contributed by atoms with Crippen molar-refractivity contribution in [2.45, 2.75) is 27.3 Å². The number of carbonyl (C=O) groups is 1. The van der Waals surface area contributed by atoms with Crippen molar-refractivity contribution in [3.63, 3.8) is 0 Å². The molecule has 2 N–H and O–H groups in total. The second kappa shape index (κ2) is 6.87. The lowest BCUT2D eigenvalue weighted by molar-refractivity contribution is 0.102. The molecule has 3 aromatic rings. The number of nitrogens with one attached hydrogen (secondary N) is 2. The van der Waals surface area contributed by atoms with Crippen molar-refractivity contribution in [1.82, 2.24) is 9.55 Å². The first-order chi connectivity index (χ1) is 12.4. The third-order valence-corrected chi connectivity index (χ3v) is 4.11. The number of aromatic amines is 1. The number of furan rings is 1. The summed E-state index contributed by atoms with van der Waals surface area (Å²) in [5, 5.41) is 2.77. The van der Waals surface area contributed by atoms with Gasteiger partial charge < -0.3 is 14.7 Å². The number of aryl methyl sites for hydroxylation is 3. The molecule has 0 saturated carbocycles. The van der Waals surface area contributed by atoms with Gasteiger partial charge in [-0.1, -0.05) is 17.7 Å². The van der Waals surface area contributed by atoms with E-state index in [2.05, 4.69) is 10.3 Å². The van der Waals surface area contributed by atoms with Crippen LogP contribution in [-0.2, 0) is 6.54 Å². The molecule has 0 aliphatic carbocycles. The highest BCUT2D eigenvalue weighted by Crippen LogP contribution is 2.22. The van der Waals surface area contributed by atoms with Gasteiger partial charge in [0.2, 0.25) is 0 Å². The molecule has 26 heavy (non-hydrogen) atoms. The van der Waals surface area contributed by atoms with Gasteiger partial charge in [-0.3, -0.25) is 14.2 Å². The fourth-order valence-corrected chi connectivity index (χ4v) is 2.93. The van der Waals surface area contributed by atoms with Crippen LogP contribution in [-0.4, -0.2) is 15.5 Å². The molecule has 2 heterocycles.